The van der Waals surface area contributed by atoms with E-state index in [0.29, 0.717) is 32.0 Å². The Kier molecular flexibility index (Phi) is 5.73. The van der Waals surface area contributed by atoms with Gasteiger partial charge < -0.3 is 15.1 Å². The van der Waals surface area contributed by atoms with Crippen molar-refractivity contribution in [2.45, 2.75) is 25.8 Å². The molecule has 0 spiro atoms. The average molecular weight is 446 g/mol. The molecule has 5 rings (SSSR count). The minimum atomic E-state index is -0.595. The Morgan fingerprint density at radius 3 is 2.42 bits per heavy atom. The second-order valence-corrected chi connectivity index (χ2v) is 8.58. The van der Waals surface area contributed by atoms with E-state index in [-0.39, 0.29) is 12.5 Å². The lowest BCUT2D eigenvalue weighted by atomic mass is 10.1. The number of aromatic nitrogens is 2. The van der Waals surface area contributed by atoms with Crippen LogP contribution in [0.5, 0.6) is 0 Å². The van der Waals surface area contributed by atoms with Crippen LogP contribution in [0, 0.1) is 0 Å². The topological polar surface area (TPSA) is 90.4 Å². The molecule has 2 N–H and O–H groups in total. The SMILES string of the molecule is O=C(Cn1c(=O)cc(Nc2ccc3c(c2)CCC3)[nH]c1=O)N1CCN(c2ccccc2)CC1. The van der Waals surface area contributed by atoms with Crippen molar-refractivity contribution in [3.05, 3.63) is 86.6 Å². The molecular weight excluding hydrogens is 418 g/mol. The molecule has 1 aliphatic heterocycles. The zero-order valence-corrected chi connectivity index (χ0v) is 18.4. The second kappa shape index (κ2) is 8.97. The van der Waals surface area contributed by atoms with E-state index in [1.165, 1.54) is 17.2 Å². The molecule has 0 radical (unpaired) electrons. The summed E-state index contributed by atoms with van der Waals surface area (Å²) >= 11 is 0. The summed E-state index contributed by atoms with van der Waals surface area (Å²) in [6.07, 6.45) is 3.30. The molecule has 1 fully saturated rings. The Bertz CT molecular complexity index is 1240. The molecule has 170 valence electrons. The number of hydrogen-bond acceptors (Lipinski definition) is 5. The molecule has 8 heteroatoms. The molecule has 2 aliphatic rings. The highest BCUT2D eigenvalue weighted by atomic mass is 16.2. The van der Waals surface area contributed by atoms with Crippen LogP contribution in [0.1, 0.15) is 17.5 Å². The monoisotopic (exact) mass is 445 g/mol. The largest absolute Gasteiger partial charge is 0.368 e. The fourth-order valence-electron chi connectivity index (χ4n) is 4.63. The summed E-state index contributed by atoms with van der Waals surface area (Å²) < 4.78 is 0.958. The van der Waals surface area contributed by atoms with Crippen LogP contribution in [-0.4, -0.2) is 46.5 Å². The van der Waals surface area contributed by atoms with Crippen LogP contribution in [0.2, 0.25) is 0 Å². The van der Waals surface area contributed by atoms with Gasteiger partial charge in [-0.2, -0.15) is 0 Å². The highest BCUT2D eigenvalue weighted by molar-refractivity contribution is 5.76. The van der Waals surface area contributed by atoms with Gasteiger partial charge in [0, 0.05) is 43.6 Å². The molecule has 0 atom stereocenters. The molecule has 3 aromatic rings. The van der Waals surface area contributed by atoms with Gasteiger partial charge in [0.25, 0.3) is 5.56 Å². The van der Waals surface area contributed by atoms with Crippen LogP contribution < -0.4 is 21.5 Å². The number of amides is 1. The maximum atomic E-state index is 12.8. The van der Waals surface area contributed by atoms with Crippen LogP contribution in [0.25, 0.3) is 0 Å². The first kappa shape index (κ1) is 21.1. The van der Waals surface area contributed by atoms with Gasteiger partial charge in [-0.25, -0.2) is 4.79 Å². The lowest BCUT2D eigenvalue weighted by Crippen LogP contribution is -2.51. The summed E-state index contributed by atoms with van der Waals surface area (Å²) in [6.45, 7) is 2.27. The van der Waals surface area contributed by atoms with E-state index < -0.39 is 11.2 Å². The van der Waals surface area contributed by atoms with Crippen LogP contribution in [0.15, 0.2) is 64.2 Å². The standard InChI is InChI=1S/C25H27N5O3/c31-23-16-22(26-20-10-9-18-5-4-6-19(18)15-20)27-25(33)30(23)17-24(32)29-13-11-28(12-14-29)21-7-2-1-3-8-21/h1-3,7-10,15-16,26H,4-6,11-14,17H2,(H,27,33). The molecule has 1 aromatic heterocycles. The number of anilines is 3. The zero-order valence-electron chi connectivity index (χ0n) is 18.4. The minimum absolute atomic E-state index is 0.227. The van der Waals surface area contributed by atoms with E-state index in [0.717, 1.165) is 35.2 Å². The number of para-hydroxylation sites is 1. The summed E-state index contributed by atoms with van der Waals surface area (Å²) in [5, 5.41) is 3.11. The van der Waals surface area contributed by atoms with Gasteiger partial charge in [0.2, 0.25) is 5.91 Å². The first-order valence-electron chi connectivity index (χ1n) is 11.4. The quantitative estimate of drug-likeness (QED) is 0.628. The Hall–Kier alpha value is -3.81. The Balaban J connectivity index is 1.23. The summed E-state index contributed by atoms with van der Waals surface area (Å²) in [6, 6.07) is 17.5. The Labute approximate surface area is 191 Å². The Morgan fingerprint density at radius 1 is 0.909 bits per heavy atom. The number of nitrogens with one attached hydrogen (secondary N) is 2. The van der Waals surface area contributed by atoms with Crippen molar-refractivity contribution < 1.29 is 4.79 Å². The van der Waals surface area contributed by atoms with Crippen molar-refractivity contribution in [3.63, 3.8) is 0 Å². The predicted octanol–water partition coefficient (Wildman–Crippen LogP) is 2.12. The lowest BCUT2D eigenvalue weighted by Gasteiger charge is -2.36. The zero-order chi connectivity index (χ0) is 22.8. The summed E-state index contributed by atoms with van der Waals surface area (Å²) in [4.78, 5) is 44.6. The van der Waals surface area contributed by atoms with Crippen molar-refractivity contribution in [1.29, 1.82) is 0 Å². The number of nitrogens with zero attached hydrogens (tertiary/aromatic N) is 3. The van der Waals surface area contributed by atoms with Gasteiger partial charge in [-0.3, -0.25) is 19.1 Å². The molecule has 0 saturated carbocycles. The van der Waals surface area contributed by atoms with Crippen molar-refractivity contribution in [2.24, 2.45) is 0 Å². The minimum Gasteiger partial charge on any atom is -0.368 e. The van der Waals surface area contributed by atoms with E-state index >= 15 is 0 Å². The number of carbonyl (C=O) groups is 1. The molecule has 1 saturated heterocycles. The summed E-state index contributed by atoms with van der Waals surface area (Å²) in [5.41, 5.74) is 3.52. The molecule has 1 amide bonds. The average Bonchev–Trinajstić information content (AvgIpc) is 3.30. The lowest BCUT2D eigenvalue weighted by molar-refractivity contribution is -0.132. The molecule has 2 aromatic carbocycles. The number of aryl methyl sites for hydroxylation is 2. The van der Waals surface area contributed by atoms with E-state index in [1.807, 2.05) is 24.3 Å². The van der Waals surface area contributed by atoms with E-state index in [1.54, 1.807) is 4.90 Å². The molecule has 8 nitrogen and oxygen atoms in total. The predicted molar refractivity (Wildman–Crippen MR) is 128 cm³/mol. The highest BCUT2D eigenvalue weighted by Crippen LogP contribution is 2.25. The van der Waals surface area contributed by atoms with Crippen LogP contribution in [0.4, 0.5) is 17.2 Å². The van der Waals surface area contributed by atoms with Gasteiger partial charge in [0.05, 0.1) is 0 Å². The van der Waals surface area contributed by atoms with E-state index in [2.05, 4.69) is 39.5 Å². The third-order valence-electron chi connectivity index (χ3n) is 6.45. The van der Waals surface area contributed by atoms with E-state index in [9.17, 15) is 14.4 Å². The van der Waals surface area contributed by atoms with Crippen molar-refractivity contribution >= 4 is 23.1 Å². The van der Waals surface area contributed by atoms with Crippen molar-refractivity contribution in [2.75, 3.05) is 36.4 Å². The summed E-state index contributed by atoms with van der Waals surface area (Å²) in [5.74, 6) is 0.0952. The smallest absolute Gasteiger partial charge is 0.330 e. The maximum Gasteiger partial charge on any atom is 0.330 e. The first-order valence-corrected chi connectivity index (χ1v) is 11.4. The molecule has 0 bridgehead atoms. The van der Waals surface area contributed by atoms with E-state index in [4.69, 9.17) is 0 Å². The number of benzene rings is 2. The second-order valence-electron chi connectivity index (χ2n) is 8.58. The highest BCUT2D eigenvalue weighted by Gasteiger charge is 2.22. The molecule has 0 unspecified atom stereocenters. The van der Waals surface area contributed by atoms with Gasteiger partial charge in [0.15, 0.2) is 0 Å². The number of rotatable bonds is 5. The van der Waals surface area contributed by atoms with Gasteiger partial charge in [-0.05, 0) is 54.7 Å². The normalized spacial score (nSPS) is 15.4. The number of carbonyl (C=O) groups excluding carboxylic acids is 1. The molecular formula is C25H27N5O3. The third kappa shape index (κ3) is 4.55. The summed E-state index contributed by atoms with van der Waals surface area (Å²) in [7, 11) is 0. The van der Waals surface area contributed by atoms with Gasteiger partial charge in [-0.15, -0.1) is 0 Å². The number of H-pyrrole nitrogens is 1. The number of aromatic amines is 1. The molecule has 2 heterocycles. The molecule has 1 aliphatic carbocycles. The fourth-order valence-corrected chi connectivity index (χ4v) is 4.63. The van der Waals surface area contributed by atoms with Gasteiger partial charge in [-0.1, -0.05) is 24.3 Å². The molecule has 33 heavy (non-hydrogen) atoms. The van der Waals surface area contributed by atoms with Crippen molar-refractivity contribution in [3.8, 4) is 0 Å². The van der Waals surface area contributed by atoms with Crippen LogP contribution in [0.3, 0.4) is 0 Å². The van der Waals surface area contributed by atoms with Gasteiger partial charge >= 0.3 is 5.69 Å². The Morgan fingerprint density at radius 2 is 1.67 bits per heavy atom. The number of hydrogen-bond donors (Lipinski definition) is 2. The number of fused-ring (bicyclic) bond motifs is 1. The third-order valence-corrected chi connectivity index (χ3v) is 6.45. The fraction of sp³-hybridized carbons (Fsp3) is 0.320. The van der Waals surface area contributed by atoms with Gasteiger partial charge in [0.1, 0.15) is 12.4 Å². The number of piperazine rings is 1. The first-order chi connectivity index (χ1) is 16.1. The van der Waals surface area contributed by atoms with Crippen LogP contribution >= 0.6 is 0 Å². The maximum absolute atomic E-state index is 12.8. The van der Waals surface area contributed by atoms with Crippen LogP contribution in [-0.2, 0) is 24.2 Å². The van der Waals surface area contributed by atoms with Crippen molar-refractivity contribution in [1.82, 2.24) is 14.5 Å².